The number of carbonyl (C=O) groups is 1. The summed E-state index contributed by atoms with van der Waals surface area (Å²) in [4.78, 5) is 13.3. The third-order valence-corrected chi connectivity index (χ3v) is 7.06. The third-order valence-electron chi connectivity index (χ3n) is 5.88. The van der Waals surface area contributed by atoms with Crippen LogP contribution in [0.25, 0.3) is 0 Å². The lowest BCUT2D eigenvalue weighted by molar-refractivity contribution is -0.191. The number of ether oxygens (including phenoxy) is 5. The quantitative estimate of drug-likeness (QED) is 0.225. The molecule has 0 bridgehead atoms. The number of esters is 1. The fourth-order valence-corrected chi connectivity index (χ4v) is 4.89. The number of methoxy groups -OCH3 is 1. The van der Waals surface area contributed by atoms with E-state index in [9.17, 15) is 4.79 Å². The van der Waals surface area contributed by atoms with Gasteiger partial charge in [-0.1, -0.05) is 76.7 Å². The molecular formula is C28H26Cl4O6. The smallest absolute Gasteiger partial charge is 0.338 e. The molecule has 0 aliphatic carbocycles. The predicted octanol–water partition coefficient (Wildman–Crippen LogP) is 7.39. The molecule has 38 heavy (non-hydrogen) atoms. The van der Waals surface area contributed by atoms with Crippen LogP contribution in [-0.2, 0) is 36.9 Å². The van der Waals surface area contributed by atoms with E-state index in [1.54, 1.807) is 48.5 Å². The van der Waals surface area contributed by atoms with Gasteiger partial charge in [-0.25, -0.2) is 4.79 Å². The molecule has 4 atom stereocenters. The molecule has 1 aliphatic heterocycles. The minimum atomic E-state index is -2.96. The van der Waals surface area contributed by atoms with Crippen molar-refractivity contribution in [2.24, 2.45) is 0 Å². The average molecular weight is 603 g/mol. The molecule has 4 rings (SSSR count). The molecule has 1 fully saturated rings. The molecule has 0 spiro atoms. The lowest BCUT2D eigenvalue weighted by Gasteiger charge is -2.34. The molecular weight excluding hydrogens is 574 g/mol. The largest absolute Gasteiger partial charge is 0.447 e. The van der Waals surface area contributed by atoms with Crippen molar-refractivity contribution in [3.8, 4) is 0 Å². The second-order valence-corrected chi connectivity index (χ2v) is 10.2. The van der Waals surface area contributed by atoms with E-state index < -0.39 is 36.9 Å². The van der Waals surface area contributed by atoms with Gasteiger partial charge in [0.1, 0.15) is 12.2 Å². The highest BCUT2D eigenvalue weighted by molar-refractivity contribution is 6.35. The summed E-state index contributed by atoms with van der Waals surface area (Å²) in [6, 6.07) is 17.8. The fourth-order valence-electron chi connectivity index (χ4n) is 3.96. The molecule has 3 aromatic carbocycles. The van der Waals surface area contributed by atoms with Crippen LogP contribution in [0.2, 0.25) is 20.1 Å². The lowest BCUT2D eigenvalue weighted by Crippen LogP contribution is -2.51. The monoisotopic (exact) mass is 601 g/mol. The van der Waals surface area contributed by atoms with Crippen LogP contribution in [0.3, 0.4) is 0 Å². The molecule has 1 aliphatic rings. The van der Waals surface area contributed by atoms with Crippen molar-refractivity contribution in [1.29, 1.82) is 0 Å². The van der Waals surface area contributed by atoms with Gasteiger partial charge in [0.2, 0.25) is 0 Å². The van der Waals surface area contributed by atoms with Gasteiger partial charge in [-0.2, -0.15) is 0 Å². The van der Waals surface area contributed by atoms with Crippen LogP contribution in [0, 0.1) is 0 Å². The molecule has 10 heteroatoms. The molecule has 0 saturated carbocycles. The maximum absolute atomic E-state index is 13.3. The van der Waals surface area contributed by atoms with E-state index in [0.717, 1.165) is 0 Å². The molecule has 6 nitrogen and oxygen atoms in total. The Kier molecular flexibility index (Phi) is 8.59. The van der Waals surface area contributed by atoms with Gasteiger partial charge in [0.15, 0.2) is 11.9 Å². The van der Waals surface area contributed by atoms with Crippen molar-refractivity contribution in [2.75, 3.05) is 13.7 Å². The number of hydrogen-bond donors (Lipinski definition) is 0. The minimum Gasteiger partial charge on any atom is -0.447 e. The standard InChI is InChI=1S/C28H26Cl4O6/c1-28(38-26(33)17-6-4-3-5-7-17)25(36-15-19-9-11-21(30)13-23(19)32)24(37-27(28)34-2)16-35-14-18-8-10-20(29)12-22(18)31/h3-13,24-25,27H,14-16H2,1-2H3/t24-,25-,27+,28-/m1/s1/i1D3. The van der Waals surface area contributed by atoms with Gasteiger partial charge >= 0.3 is 5.97 Å². The lowest BCUT2D eigenvalue weighted by atomic mass is 9.96. The number of carbonyl (C=O) groups excluding carboxylic acids is 1. The van der Waals surface area contributed by atoms with Gasteiger partial charge in [0.25, 0.3) is 0 Å². The Morgan fingerprint density at radius 2 is 1.58 bits per heavy atom. The highest BCUT2D eigenvalue weighted by Crippen LogP contribution is 2.39. The number of rotatable bonds is 10. The number of benzene rings is 3. The van der Waals surface area contributed by atoms with Gasteiger partial charge in [0, 0.05) is 31.3 Å². The number of hydrogen-bond acceptors (Lipinski definition) is 6. The van der Waals surface area contributed by atoms with Crippen molar-refractivity contribution in [3.63, 3.8) is 0 Å². The highest BCUT2D eigenvalue weighted by Gasteiger charge is 2.58. The van der Waals surface area contributed by atoms with Crippen LogP contribution in [0.4, 0.5) is 0 Å². The normalized spacial score (nSPS) is 24.4. The Morgan fingerprint density at radius 3 is 2.16 bits per heavy atom. The summed E-state index contributed by atoms with van der Waals surface area (Å²) in [5.41, 5.74) is -1.05. The first-order chi connectivity index (χ1) is 19.5. The summed E-state index contributed by atoms with van der Waals surface area (Å²) in [5, 5.41) is 1.60. The molecule has 0 aromatic heterocycles. The maximum atomic E-state index is 13.3. The summed E-state index contributed by atoms with van der Waals surface area (Å²) in [6.45, 7) is -3.20. The van der Waals surface area contributed by atoms with Gasteiger partial charge in [0.05, 0.1) is 25.4 Å². The molecule has 0 radical (unpaired) electrons. The van der Waals surface area contributed by atoms with Crippen molar-refractivity contribution in [2.45, 2.75) is 44.2 Å². The zero-order chi connectivity index (χ0) is 29.8. The molecule has 0 unspecified atom stereocenters. The van der Waals surface area contributed by atoms with E-state index in [1.165, 1.54) is 25.3 Å². The van der Waals surface area contributed by atoms with Crippen LogP contribution in [0.5, 0.6) is 0 Å². The van der Waals surface area contributed by atoms with Crippen LogP contribution < -0.4 is 0 Å². The van der Waals surface area contributed by atoms with Crippen LogP contribution in [-0.4, -0.2) is 43.8 Å². The second-order valence-electron chi connectivity index (χ2n) is 8.51. The van der Waals surface area contributed by atoms with Crippen molar-refractivity contribution < 1.29 is 32.6 Å². The molecule has 1 heterocycles. The zero-order valence-corrected chi connectivity index (χ0v) is 23.2. The average Bonchev–Trinajstić information content (AvgIpc) is 3.23. The molecule has 0 amide bonds. The van der Waals surface area contributed by atoms with Gasteiger partial charge in [-0.3, -0.25) is 0 Å². The van der Waals surface area contributed by atoms with Crippen molar-refractivity contribution in [1.82, 2.24) is 0 Å². The SMILES string of the molecule is [2H]C([2H])([2H])[C@]1(OC(=O)c2ccccc2)[C@@H](OC)O[C@H](COCc2ccc(Cl)cc2Cl)[C@H]1OCc1ccc(Cl)cc1Cl. The van der Waals surface area contributed by atoms with Gasteiger partial charge in [-0.15, -0.1) is 0 Å². The van der Waals surface area contributed by atoms with E-state index in [1.807, 2.05) is 0 Å². The Morgan fingerprint density at radius 1 is 0.947 bits per heavy atom. The Labute approximate surface area is 245 Å². The zero-order valence-electron chi connectivity index (χ0n) is 23.2. The Hall–Kier alpha value is -1.87. The summed E-state index contributed by atoms with van der Waals surface area (Å²) < 4.78 is 54.9. The van der Waals surface area contributed by atoms with Crippen molar-refractivity contribution in [3.05, 3.63) is 104 Å². The predicted molar refractivity (Wildman–Crippen MR) is 147 cm³/mol. The van der Waals surface area contributed by atoms with Gasteiger partial charge < -0.3 is 23.7 Å². The minimum absolute atomic E-state index is 0.0633. The fraction of sp³-hybridized carbons (Fsp3) is 0.321. The molecule has 1 saturated heterocycles. The van der Waals surface area contributed by atoms with Crippen LogP contribution >= 0.6 is 46.4 Å². The van der Waals surface area contributed by atoms with E-state index >= 15 is 0 Å². The number of halogens is 4. The Bertz CT molecular complexity index is 1360. The van der Waals surface area contributed by atoms with Gasteiger partial charge in [-0.05, 0) is 54.4 Å². The first kappa shape index (κ1) is 25.1. The molecule has 0 N–H and O–H groups in total. The summed E-state index contributed by atoms with van der Waals surface area (Å²) in [6.07, 6.45) is -3.94. The third kappa shape index (κ3) is 6.82. The highest BCUT2D eigenvalue weighted by atomic mass is 35.5. The van der Waals surface area contributed by atoms with Crippen molar-refractivity contribution >= 4 is 52.4 Å². The Balaban J connectivity index is 1.67. The van der Waals surface area contributed by atoms with E-state index in [-0.39, 0.29) is 25.4 Å². The first-order valence-electron chi connectivity index (χ1n) is 13.0. The second kappa shape index (κ2) is 13.0. The summed E-state index contributed by atoms with van der Waals surface area (Å²) in [7, 11) is 1.26. The van der Waals surface area contributed by atoms with E-state index in [4.69, 9.17) is 74.2 Å². The molecule has 202 valence electrons. The summed E-state index contributed by atoms with van der Waals surface area (Å²) >= 11 is 24.6. The maximum Gasteiger partial charge on any atom is 0.338 e. The van der Waals surface area contributed by atoms with Crippen LogP contribution in [0.1, 0.15) is 32.4 Å². The van der Waals surface area contributed by atoms with E-state index in [2.05, 4.69) is 0 Å². The van der Waals surface area contributed by atoms with E-state index in [0.29, 0.717) is 31.2 Å². The molecule has 3 aromatic rings. The topological polar surface area (TPSA) is 63.2 Å². The van der Waals surface area contributed by atoms with Crippen LogP contribution in [0.15, 0.2) is 66.7 Å². The summed E-state index contributed by atoms with van der Waals surface area (Å²) in [5.74, 6) is -0.889. The first-order valence-corrected chi connectivity index (χ1v) is 13.0.